The van der Waals surface area contributed by atoms with Gasteiger partial charge in [-0.1, -0.05) is 30.3 Å². The zero-order valence-electron chi connectivity index (χ0n) is 22.2. The Labute approximate surface area is 231 Å². The first kappa shape index (κ1) is 27.1. The van der Waals surface area contributed by atoms with E-state index in [1.165, 1.54) is 6.07 Å². The number of rotatable bonds is 8. The van der Waals surface area contributed by atoms with Crippen LogP contribution in [0.5, 0.6) is 5.88 Å². The number of amides is 1. The normalized spacial score (nSPS) is 14.9. The van der Waals surface area contributed by atoms with E-state index < -0.39 is 5.97 Å². The van der Waals surface area contributed by atoms with Gasteiger partial charge in [0.2, 0.25) is 0 Å². The number of carbonyl (C=O) groups is 2. The molecule has 0 radical (unpaired) electrons. The molecule has 0 bridgehead atoms. The van der Waals surface area contributed by atoms with E-state index in [1.54, 1.807) is 37.3 Å². The molecule has 5 N–H and O–H groups in total. The standard InChI is InChI=1S/C31H32N4O5/c1-19-17-25-26(18-24(19)31(39)40)34-30(38)27(25)28(20-5-3-2-4-6-20)32-22-9-7-21(8-10-22)29(37)33-23-11-13-35(14-12-23)15-16-36/h2-10,17-18,23,34,36,38H,11-16H2,1H3,(H,33,37)(H,39,40). The largest absolute Gasteiger partial charge is 0.494 e. The summed E-state index contributed by atoms with van der Waals surface area (Å²) in [4.78, 5) is 34.5. The summed E-state index contributed by atoms with van der Waals surface area (Å²) in [7, 11) is 0. The molecule has 1 fully saturated rings. The predicted molar refractivity (Wildman–Crippen MR) is 154 cm³/mol. The number of aliphatic hydroxyl groups is 1. The van der Waals surface area contributed by atoms with Gasteiger partial charge in [-0.2, -0.15) is 0 Å². The minimum absolute atomic E-state index is 0.0970. The summed E-state index contributed by atoms with van der Waals surface area (Å²) in [5.74, 6) is -1.29. The van der Waals surface area contributed by atoms with Crippen LogP contribution in [-0.2, 0) is 0 Å². The van der Waals surface area contributed by atoms with Gasteiger partial charge in [0.15, 0.2) is 5.88 Å². The highest BCUT2D eigenvalue weighted by atomic mass is 16.4. The molecule has 1 aromatic heterocycles. The number of piperidine rings is 1. The van der Waals surface area contributed by atoms with Gasteiger partial charge < -0.3 is 30.5 Å². The summed E-state index contributed by atoms with van der Waals surface area (Å²) in [5.41, 5.74) is 4.10. The summed E-state index contributed by atoms with van der Waals surface area (Å²) in [6.07, 6.45) is 1.69. The Kier molecular flexibility index (Phi) is 7.95. The molecule has 0 saturated carbocycles. The molecule has 2 heterocycles. The molecular formula is C31H32N4O5. The summed E-state index contributed by atoms with van der Waals surface area (Å²) >= 11 is 0. The van der Waals surface area contributed by atoms with Gasteiger partial charge in [-0.15, -0.1) is 0 Å². The van der Waals surface area contributed by atoms with Crippen LogP contribution in [0.25, 0.3) is 10.9 Å². The van der Waals surface area contributed by atoms with Crippen molar-refractivity contribution in [1.82, 2.24) is 15.2 Å². The fourth-order valence-corrected chi connectivity index (χ4v) is 5.19. The molecule has 206 valence electrons. The Morgan fingerprint density at radius 1 is 1.02 bits per heavy atom. The number of hydrogen-bond donors (Lipinski definition) is 5. The molecule has 3 aromatic carbocycles. The zero-order valence-corrected chi connectivity index (χ0v) is 22.2. The van der Waals surface area contributed by atoms with Gasteiger partial charge in [-0.25, -0.2) is 9.79 Å². The van der Waals surface area contributed by atoms with Crippen LogP contribution in [0.2, 0.25) is 0 Å². The molecule has 9 heteroatoms. The average Bonchev–Trinajstić information content (AvgIpc) is 3.27. The van der Waals surface area contributed by atoms with E-state index >= 15 is 0 Å². The quantitative estimate of drug-likeness (QED) is 0.212. The molecule has 0 spiro atoms. The number of aromatic hydroxyl groups is 1. The second kappa shape index (κ2) is 11.7. The lowest BCUT2D eigenvalue weighted by Crippen LogP contribution is -2.45. The predicted octanol–water partition coefficient (Wildman–Crippen LogP) is 4.24. The van der Waals surface area contributed by atoms with Crippen molar-refractivity contribution in [2.45, 2.75) is 25.8 Å². The molecule has 1 aliphatic heterocycles. The fraction of sp³-hybridized carbons (Fsp3) is 0.258. The molecule has 5 rings (SSSR count). The van der Waals surface area contributed by atoms with Crippen molar-refractivity contribution in [2.24, 2.45) is 4.99 Å². The molecule has 9 nitrogen and oxygen atoms in total. The number of aromatic carboxylic acids is 1. The van der Waals surface area contributed by atoms with Crippen molar-refractivity contribution >= 4 is 34.2 Å². The maximum atomic E-state index is 12.9. The number of benzene rings is 3. The average molecular weight is 541 g/mol. The van der Waals surface area contributed by atoms with Crippen LogP contribution in [0.15, 0.2) is 71.7 Å². The van der Waals surface area contributed by atoms with Crippen molar-refractivity contribution in [3.8, 4) is 5.88 Å². The van der Waals surface area contributed by atoms with Gasteiger partial charge in [-0.3, -0.25) is 4.79 Å². The number of H-pyrrole nitrogens is 1. The first-order valence-corrected chi connectivity index (χ1v) is 13.3. The van der Waals surface area contributed by atoms with Crippen molar-refractivity contribution < 1.29 is 24.9 Å². The number of aromatic nitrogens is 1. The Morgan fingerprint density at radius 3 is 2.38 bits per heavy atom. The second-order valence-corrected chi connectivity index (χ2v) is 10.1. The van der Waals surface area contributed by atoms with Crippen LogP contribution < -0.4 is 5.32 Å². The number of β-amino-alcohol motifs (C(OH)–C–C–N with tert-alkyl or cyclic N) is 1. The Hall–Kier alpha value is -4.47. The lowest BCUT2D eigenvalue weighted by Gasteiger charge is -2.31. The molecule has 0 unspecified atom stereocenters. The smallest absolute Gasteiger partial charge is 0.336 e. The van der Waals surface area contributed by atoms with Crippen molar-refractivity contribution in [2.75, 3.05) is 26.2 Å². The zero-order chi connectivity index (χ0) is 28.2. The first-order valence-electron chi connectivity index (χ1n) is 13.3. The van der Waals surface area contributed by atoms with Crippen molar-refractivity contribution in [3.05, 3.63) is 94.5 Å². The summed E-state index contributed by atoms with van der Waals surface area (Å²) in [6.45, 7) is 4.22. The number of carboxylic acids is 1. The highest BCUT2D eigenvalue weighted by molar-refractivity contribution is 6.22. The van der Waals surface area contributed by atoms with E-state index in [0.717, 1.165) is 31.5 Å². The molecule has 40 heavy (non-hydrogen) atoms. The number of carboxylic acid groups (broad SMARTS) is 1. The number of nitrogens with zero attached hydrogens (tertiary/aromatic N) is 2. The molecule has 1 aliphatic rings. The third kappa shape index (κ3) is 5.75. The van der Waals surface area contributed by atoms with Crippen LogP contribution in [-0.4, -0.2) is 75.1 Å². The topological polar surface area (TPSA) is 138 Å². The second-order valence-electron chi connectivity index (χ2n) is 10.1. The maximum Gasteiger partial charge on any atom is 0.336 e. The molecule has 0 aliphatic carbocycles. The molecule has 1 saturated heterocycles. The third-order valence-corrected chi connectivity index (χ3v) is 7.35. The fourth-order valence-electron chi connectivity index (χ4n) is 5.19. The number of carbonyl (C=O) groups excluding carboxylic acids is 1. The minimum atomic E-state index is -1.04. The Bertz CT molecular complexity index is 1550. The summed E-state index contributed by atoms with van der Waals surface area (Å²) in [6, 6.07) is 19.8. The van der Waals surface area contributed by atoms with E-state index in [0.29, 0.717) is 45.5 Å². The van der Waals surface area contributed by atoms with Gasteiger partial charge in [0.05, 0.1) is 29.1 Å². The molecule has 1 amide bonds. The molecule has 0 atom stereocenters. The number of aliphatic imine (C=N–C) groups is 1. The molecular weight excluding hydrogens is 508 g/mol. The Morgan fingerprint density at radius 2 is 1.73 bits per heavy atom. The number of aromatic amines is 1. The van der Waals surface area contributed by atoms with Crippen molar-refractivity contribution in [1.29, 1.82) is 0 Å². The monoisotopic (exact) mass is 540 g/mol. The number of nitrogens with one attached hydrogen (secondary N) is 2. The summed E-state index contributed by atoms with van der Waals surface area (Å²) in [5, 5.41) is 33.3. The highest BCUT2D eigenvalue weighted by Gasteiger charge is 2.22. The van der Waals surface area contributed by atoms with E-state index in [1.807, 2.05) is 30.3 Å². The van der Waals surface area contributed by atoms with Gasteiger partial charge in [-0.05, 0) is 61.7 Å². The number of hydrogen-bond acceptors (Lipinski definition) is 6. The van der Waals surface area contributed by atoms with Gasteiger partial charge in [0.1, 0.15) is 0 Å². The van der Waals surface area contributed by atoms with Crippen LogP contribution in [0, 0.1) is 6.92 Å². The first-order chi connectivity index (χ1) is 19.3. The third-order valence-electron chi connectivity index (χ3n) is 7.35. The van der Waals surface area contributed by atoms with Gasteiger partial charge in [0.25, 0.3) is 5.91 Å². The highest BCUT2D eigenvalue weighted by Crippen LogP contribution is 2.33. The van der Waals surface area contributed by atoms with Crippen LogP contribution in [0.1, 0.15) is 50.2 Å². The van der Waals surface area contributed by atoms with Gasteiger partial charge in [0, 0.05) is 47.7 Å². The van der Waals surface area contributed by atoms with Crippen LogP contribution in [0.4, 0.5) is 5.69 Å². The lowest BCUT2D eigenvalue weighted by molar-refractivity contribution is 0.0696. The maximum absolute atomic E-state index is 12.9. The van der Waals surface area contributed by atoms with Crippen molar-refractivity contribution in [3.63, 3.8) is 0 Å². The number of fused-ring (bicyclic) bond motifs is 1. The van der Waals surface area contributed by atoms with E-state index in [4.69, 9.17) is 10.1 Å². The lowest BCUT2D eigenvalue weighted by atomic mass is 9.98. The molecule has 4 aromatic rings. The van der Waals surface area contributed by atoms with E-state index in [9.17, 15) is 19.8 Å². The van der Waals surface area contributed by atoms with Gasteiger partial charge >= 0.3 is 5.97 Å². The minimum Gasteiger partial charge on any atom is -0.494 e. The van der Waals surface area contributed by atoms with Crippen LogP contribution >= 0.6 is 0 Å². The number of likely N-dealkylation sites (tertiary alicyclic amines) is 1. The number of aryl methyl sites for hydroxylation is 1. The number of aliphatic hydroxyl groups excluding tert-OH is 1. The SMILES string of the molecule is Cc1cc2c(C(=Nc3ccc(C(=O)NC4CCN(CCO)CC4)cc3)c3ccccc3)c(O)[nH]c2cc1C(=O)O. The van der Waals surface area contributed by atoms with E-state index in [-0.39, 0.29) is 30.0 Å². The summed E-state index contributed by atoms with van der Waals surface area (Å²) < 4.78 is 0. The Balaban J connectivity index is 1.44. The van der Waals surface area contributed by atoms with E-state index in [2.05, 4.69) is 15.2 Å². The van der Waals surface area contributed by atoms with Crippen LogP contribution in [0.3, 0.4) is 0 Å².